The van der Waals surface area contributed by atoms with Gasteiger partial charge in [-0.25, -0.2) is 0 Å². The number of ether oxygens (including phenoxy) is 3. The standard InChI is InChI=1S/C17H18BrNO4/c1-11-7-15(21-2)16(22-3)9-14(11)19-17(20)10-23-13-6-4-5-12(18)8-13/h4-9H,10H2,1-3H3,(H,19,20). The molecular formula is C17H18BrNO4. The van der Waals surface area contributed by atoms with Crippen LogP contribution < -0.4 is 19.5 Å². The zero-order valence-corrected chi connectivity index (χ0v) is 14.8. The van der Waals surface area contributed by atoms with Gasteiger partial charge in [0.15, 0.2) is 18.1 Å². The van der Waals surface area contributed by atoms with Gasteiger partial charge in [0.2, 0.25) is 0 Å². The smallest absolute Gasteiger partial charge is 0.262 e. The Bertz CT molecular complexity index is 703. The molecular weight excluding hydrogens is 362 g/mol. The number of carbonyl (C=O) groups excluding carboxylic acids is 1. The quantitative estimate of drug-likeness (QED) is 0.829. The fourth-order valence-electron chi connectivity index (χ4n) is 2.01. The summed E-state index contributed by atoms with van der Waals surface area (Å²) in [5.74, 6) is 1.55. The van der Waals surface area contributed by atoms with Crippen molar-refractivity contribution in [2.24, 2.45) is 0 Å². The Hall–Kier alpha value is -2.21. The number of hydrogen-bond acceptors (Lipinski definition) is 4. The first-order valence-corrected chi connectivity index (χ1v) is 7.73. The monoisotopic (exact) mass is 379 g/mol. The number of benzene rings is 2. The van der Waals surface area contributed by atoms with Gasteiger partial charge in [0.05, 0.1) is 14.2 Å². The van der Waals surface area contributed by atoms with Crippen LogP contribution in [0, 0.1) is 6.92 Å². The third kappa shape index (κ3) is 4.63. The van der Waals surface area contributed by atoms with Gasteiger partial charge in [-0.1, -0.05) is 22.0 Å². The van der Waals surface area contributed by atoms with Crippen molar-refractivity contribution in [2.75, 3.05) is 26.1 Å². The number of halogens is 1. The second kappa shape index (κ2) is 7.87. The molecule has 0 radical (unpaired) electrons. The van der Waals surface area contributed by atoms with Gasteiger partial charge in [0.25, 0.3) is 5.91 Å². The van der Waals surface area contributed by atoms with E-state index in [4.69, 9.17) is 14.2 Å². The molecule has 2 aromatic carbocycles. The Morgan fingerprint density at radius 3 is 2.48 bits per heavy atom. The third-order valence-electron chi connectivity index (χ3n) is 3.17. The van der Waals surface area contributed by atoms with Crippen LogP contribution in [0.3, 0.4) is 0 Å². The number of nitrogens with one attached hydrogen (secondary N) is 1. The van der Waals surface area contributed by atoms with Gasteiger partial charge in [-0.05, 0) is 36.8 Å². The average Bonchev–Trinajstić information content (AvgIpc) is 2.54. The van der Waals surface area contributed by atoms with E-state index in [0.717, 1.165) is 10.0 Å². The molecule has 0 aliphatic heterocycles. The average molecular weight is 380 g/mol. The summed E-state index contributed by atoms with van der Waals surface area (Å²) in [7, 11) is 3.12. The van der Waals surface area contributed by atoms with Crippen molar-refractivity contribution in [1.82, 2.24) is 0 Å². The minimum absolute atomic E-state index is 0.0791. The molecule has 5 nitrogen and oxygen atoms in total. The van der Waals surface area contributed by atoms with Crippen LogP contribution in [0.4, 0.5) is 5.69 Å². The maximum absolute atomic E-state index is 12.1. The topological polar surface area (TPSA) is 56.8 Å². The summed E-state index contributed by atoms with van der Waals surface area (Å²) < 4.78 is 16.8. The van der Waals surface area contributed by atoms with Crippen LogP contribution in [0.2, 0.25) is 0 Å². The molecule has 0 atom stereocenters. The van der Waals surface area contributed by atoms with Crippen molar-refractivity contribution in [3.05, 3.63) is 46.4 Å². The first kappa shape index (κ1) is 17.1. The summed E-state index contributed by atoms with van der Waals surface area (Å²) in [6, 6.07) is 10.9. The Labute approximate surface area is 143 Å². The van der Waals surface area contributed by atoms with Gasteiger partial charge >= 0.3 is 0 Å². The maximum Gasteiger partial charge on any atom is 0.262 e. The van der Waals surface area contributed by atoms with Crippen LogP contribution in [0.15, 0.2) is 40.9 Å². The highest BCUT2D eigenvalue weighted by Crippen LogP contribution is 2.32. The zero-order valence-electron chi connectivity index (χ0n) is 13.2. The molecule has 0 aliphatic rings. The lowest BCUT2D eigenvalue weighted by Crippen LogP contribution is -2.20. The van der Waals surface area contributed by atoms with Crippen LogP contribution in [0.25, 0.3) is 0 Å². The van der Waals surface area contributed by atoms with Crippen LogP contribution in [0.5, 0.6) is 17.2 Å². The number of amides is 1. The van der Waals surface area contributed by atoms with Gasteiger partial charge in [0.1, 0.15) is 5.75 Å². The summed E-state index contributed by atoms with van der Waals surface area (Å²) in [5.41, 5.74) is 1.53. The molecule has 2 rings (SSSR count). The number of rotatable bonds is 6. The van der Waals surface area contributed by atoms with Crippen LogP contribution in [0.1, 0.15) is 5.56 Å². The van der Waals surface area contributed by atoms with E-state index < -0.39 is 0 Å². The van der Waals surface area contributed by atoms with Gasteiger partial charge in [-0.3, -0.25) is 4.79 Å². The van der Waals surface area contributed by atoms with Gasteiger partial charge < -0.3 is 19.5 Å². The number of methoxy groups -OCH3 is 2. The fraction of sp³-hybridized carbons (Fsp3) is 0.235. The number of aryl methyl sites for hydroxylation is 1. The minimum atomic E-state index is -0.250. The first-order valence-electron chi connectivity index (χ1n) is 6.94. The van der Waals surface area contributed by atoms with E-state index in [9.17, 15) is 4.79 Å². The molecule has 23 heavy (non-hydrogen) atoms. The van der Waals surface area contributed by atoms with E-state index in [1.165, 1.54) is 0 Å². The second-order valence-electron chi connectivity index (χ2n) is 4.82. The predicted molar refractivity (Wildman–Crippen MR) is 92.5 cm³/mol. The lowest BCUT2D eigenvalue weighted by Gasteiger charge is -2.14. The molecule has 1 amide bonds. The van der Waals surface area contributed by atoms with Crippen molar-refractivity contribution in [3.63, 3.8) is 0 Å². The Morgan fingerprint density at radius 1 is 1.13 bits per heavy atom. The second-order valence-corrected chi connectivity index (χ2v) is 5.73. The molecule has 0 fully saturated rings. The van der Waals surface area contributed by atoms with E-state index in [1.807, 2.05) is 25.1 Å². The minimum Gasteiger partial charge on any atom is -0.493 e. The molecule has 122 valence electrons. The van der Waals surface area contributed by atoms with E-state index in [2.05, 4.69) is 21.2 Å². The summed E-state index contributed by atoms with van der Waals surface area (Å²) in [4.78, 5) is 12.1. The van der Waals surface area contributed by atoms with Crippen molar-refractivity contribution in [3.8, 4) is 17.2 Å². The highest BCUT2D eigenvalue weighted by molar-refractivity contribution is 9.10. The van der Waals surface area contributed by atoms with Gasteiger partial charge in [-0.15, -0.1) is 0 Å². The molecule has 6 heteroatoms. The molecule has 0 unspecified atom stereocenters. The summed E-state index contributed by atoms with van der Waals surface area (Å²) in [5, 5.41) is 2.81. The zero-order chi connectivity index (χ0) is 16.8. The van der Waals surface area contributed by atoms with E-state index in [0.29, 0.717) is 22.9 Å². The van der Waals surface area contributed by atoms with Crippen molar-refractivity contribution in [1.29, 1.82) is 0 Å². The van der Waals surface area contributed by atoms with E-state index in [1.54, 1.807) is 32.4 Å². The SMILES string of the molecule is COc1cc(C)c(NC(=O)COc2cccc(Br)c2)cc1OC. The van der Waals surface area contributed by atoms with Crippen LogP contribution in [-0.4, -0.2) is 26.7 Å². The van der Waals surface area contributed by atoms with Crippen LogP contribution >= 0.6 is 15.9 Å². The number of carbonyl (C=O) groups is 1. The molecule has 0 saturated heterocycles. The van der Waals surface area contributed by atoms with Crippen molar-refractivity contribution < 1.29 is 19.0 Å². The highest BCUT2D eigenvalue weighted by atomic mass is 79.9. The molecule has 0 bridgehead atoms. The Morgan fingerprint density at radius 2 is 1.83 bits per heavy atom. The molecule has 0 aromatic heterocycles. The summed E-state index contributed by atoms with van der Waals surface area (Å²) >= 11 is 3.36. The lowest BCUT2D eigenvalue weighted by molar-refractivity contribution is -0.118. The van der Waals surface area contributed by atoms with Crippen molar-refractivity contribution in [2.45, 2.75) is 6.92 Å². The number of anilines is 1. The largest absolute Gasteiger partial charge is 0.493 e. The summed E-state index contributed by atoms with van der Waals surface area (Å²) in [6.45, 7) is 1.80. The predicted octanol–water partition coefficient (Wildman–Crippen LogP) is 3.79. The maximum atomic E-state index is 12.1. The normalized spacial score (nSPS) is 10.1. The van der Waals surface area contributed by atoms with Crippen molar-refractivity contribution >= 4 is 27.5 Å². The Kier molecular flexibility index (Phi) is 5.87. The summed E-state index contributed by atoms with van der Waals surface area (Å²) in [6.07, 6.45) is 0. The molecule has 2 aromatic rings. The Balaban J connectivity index is 2.02. The molecule has 0 aliphatic carbocycles. The fourth-order valence-corrected chi connectivity index (χ4v) is 2.39. The third-order valence-corrected chi connectivity index (χ3v) is 3.66. The van der Waals surface area contributed by atoms with Gasteiger partial charge in [0, 0.05) is 16.2 Å². The van der Waals surface area contributed by atoms with Crippen LogP contribution in [-0.2, 0) is 4.79 Å². The lowest BCUT2D eigenvalue weighted by atomic mass is 10.1. The highest BCUT2D eigenvalue weighted by Gasteiger charge is 2.11. The van der Waals surface area contributed by atoms with E-state index in [-0.39, 0.29) is 12.5 Å². The van der Waals surface area contributed by atoms with Gasteiger partial charge in [-0.2, -0.15) is 0 Å². The molecule has 1 N–H and O–H groups in total. The molecule has 0 heterocycles. The molecule has 0 spiro atoms. The van der Waals surface area contributed by atoms with E-state index >= 15 is 0 Å². The number of hydrogen-bond donors (Lipinski definition) is 1. The molecule has 0 saturated carbocycles. The first-order chi connectivity index (χ1) is 11.0.